The van der Waals surface area contributed by atoms with Gasteiger partial charge in [-0.1, -0.05) is 176 Å². The molecule has 0 amide bonds. The molecule has 0 N–H and O–H groups in total. The summed E-state index contributed by atoms with van der Waals surface area (Å²) in [7, 11) is 0. The third-order valence-corrected chi connectivity index (χ3v) is 14.3. The number of hydrogen-bond acceptors (Lipinski definition) is 3. The molecule has 0 saturated carbocycles. The van der Waals surface area contributed by atoms with E-state index in [1.807, 2.05) is 0 Å². The van der Waals surface area contributed by atoms with Crippen molar-refractivity contribution in [2.24, 2.45) is 0 Å². The van der Waals surface area contributed by atoms with Gasteiger partial charge in [0.15, 0.2) is 17.5 Å². The number of rotatable bonds is 4. The summed E-state index contributed by atoms with van der Waals surface area (Å²) < 4.78 is 5.01. The van der Waals surface area contributed by atoms with Crippen molar-refractivity contribution in [3.63, 3.8) is 0 Å². The van der Waals surface area contributed by atoms with Gasteiger partial charge in [-0.15, -0.1) is 0 Å². The zero-order valence-electron chi connectivity index (χ0n) is 36.6. The number of fused-ring (bicyclic) bond motifs is 15. The number of benzene rings is 11. The molecule has 0 spiro atoms. The monoisotopic (exact) mass is 863 g/mol. The van der Waals surface area contributed by atoms with Gasteiger partial charge in [-0.25, -0.2) is 15.0 Å². The molecule has 1 aliphatic heterocycles. The maximum Gasteiger partial charge on any atom is 0.164 e. The molecular weight excluding hydrogens is 827 g/mol. The van der Waals surface area contributed by atoms with Crippen LogP contribution in [0.2, 0.25) is 0 Å². The Morgan fingerprint density at radius 1 is 0.279 bits per heavy atom. The molecule has 5 nitrogen and oxygen atoms in total. The topological polar surface area (TPSA) is 48.5 Å². The first-order valence-corrected chi connectivity index (χ1v) is 23.2. The summed E-state index contributed by atoms with van der Waals surface area (Å²) in [5, 5.41) is 11.7. The fourth-order valence-corrected chi connectivity index (χ4v) is 11.3. The van der Waals surface area contributed by atoms with Crippen LogP contribution in [-0.2, 0) is 0 Å². The first-order chi connectivity index (χ1) is 33.7. The maximum atomic E-state index is 5.32. The summed E-state index contributed by atoms with van der Waals surface area (Å²) in [5.41, 5.74) is 14.8. The average molecular weight is 864 g/mol. The summed E-state index contributed by atoms with van der Waals surface area (Å²) in [5.74, 6) is 1.90. The van der Waals surface area contributed by atoms with Gasteiger partial charge < -0.3 is 9.13 Å². The van der Waals surface area contributed by atoms with E-state index in [1.165, 1.54) is 71.3 Å². The summed E-state index contributed by atoms with van der Waals surface area (Å²) in [6, 6.07) is 81.1. The first-order valence-electron chi connectivity index (χ1n) is 23.2. The van der Waals surface area contributed by atoms with E-state index in [9.17, 15) is 0 Å². The van der Waals surface area contributed by atoms with Crippen LogP contribution in [-0.4, -0.2) is 24.1 Å². The molecule has 14 aromatic rings. The van der Waals surface area contributed by atoms with Gasteiger partial charge in [0.2, 0.25) is 0 Å². The van der Waals surface area contributed by atoms with Crippen LogP contribution in [0.4, 0.5) is 0 Å². The second-order valence-corrected chi connectivity index (χ2v) is 17.9. The minimum Gasteiger partial charge on any atom is -0.309 e. The highest BCUT2D eigenvalue weighted by atomic mass is 15.0. The van der Waals surface area contributed by atoms with Crippen LogP contribution in [0.5, 0.6) is 0 Å². The second-order valence-electron chi connectivity index (χ2n) is 17.9. The third kappa shape index (κ3) is 5.29. The Bertz CT molecular complexity index is 4360. The van der Waals surface area contributed by atoms with Crippen LogP contribution in [0, 0.1) is 0 Å². The Morgan fingerprint density at radius 2 is 0.809 bits per heavy atom. The van der Waals surface area contributed by atoms with Crippen molar-refractivity contribution in [2.45, 2.75) is 0 Å². The highest BCUT2D eigenvalue weighted by Gasteiger charge is 2.29. The van der Waals surface area contributed by atoms with Gasteiger partial charge >= 0.3 is 0 Å². The van der Waals surface area contributed by atoms with E-state index in [2.05, 4.69) is 234 Å². The highest BCUT2D eigenvalue weighted by molar-refractivity contribution is 6.29. The minimum absolute atomic E-state index is 0.627. The summed E-state index contributed by atoms with van der Waals surface area (Å²) >= 11 is 0. The number of hydrogen-bond donors (Lipinski definition) is 0. The van der Waals surface area contributed by atoms with E-state index in [0.29, 0.717) is 17.5 Å². The molecule has 68 heavy (non-hydrogen) atoms. The zero-order valence-corrected chi connectivity index (χ0v) is 36.6. The molecule has 1 aliphatic rings. The van der Waals surface area contributed by atoms with Crippen LogP contribution in [0.15, 0.2) is 224 Å². The average Bonchev–Trinajstić information content (AvgIpc) is 3.87. The molecule has 15 rings (SSSR count). The van der Waals surface area contributed by atoms with Gasteiger partial charge in [0.1, 0.15) is 0 Å². The zero-order chi connectivity index (χ0) is 44.5. The summed E-state index contributed by atoms with van der Waals surface area (Å²) in [6.07, 6.45) is 0. The number of nitrogens with zero attached hydrogens (tertiary/aromatic N) is 5. The van der Waals surface area contributed by atoms with Crippen molar-refractivity contribution in [1.82, 2.24) is 24.1 Å². The Balaban J connectivity index is 1.01. The van der Waals surface area contributed by atoms with Gasteiger partial charge in [0.25, 0.3) is 0 Å². The lowest BCUT2D eigenvalue weighted by molar-refractivity contribution is 1.08. The van der Waals surface area contributed by atoms with Gasteiger partial charge in [-0.05, 0) is 86.6 Å². The predicted octanol–water partition coefficient (Wildman–Crippen LogP) is 16.2. The molecule has 0 atom stereocenters. The number of para-hydroxylation sites is 3. The smallest absolute Gasteiger partial charge is 0.164 e. The number of aromatic nitrogens is 5. The molecule has 0 saturated heterocycles. The molecule has 4 heterocycles. The molecule has 0 radical (unpaired) electrons. The van der Waals surface area contributed by atoms with Crippen molar-refractivity contribution < 1.29 is 0 Å². The van der Waals surface area contributed by atoms with E-state index in [-0.39, 0.29) is 0 Å². The van der Waals surface area contributed by atoms with Crippen molar-refractivity contribution in [3.8, 4) is 67.8 Å². The van der Waals surface area contributed by atoms with Crippen molar-refractivity contribution in [3.05, 3.63) is 224 Å². The lowest BCUT2D eigenvalue weighted by Crippen LogP contribution is -2.02. The SMILES string of the molecule is c1ccc2c(c1)-c1ccccc1-n1c3ccccc3c3cc4c(c-2c31)c1ccccc1n4-c1ccc(-c2nc(-c3ccc4ccccc4c3)nc(-c3ccc4ccccc4c3)n2)c2ccccc12. The van der Waals surface area contributed by atoms with E-state index in [4.69, 9.17) is 15.0 Å². The lowest BCUT2D eigenvalue weighted by atomic mass is 9.91. The van der Waals surface area contributed by atoms with Crippen LogP contribution < -0.4 is 0 Å². The molecule has 0 aliphatic carbocycles. The van der Waals surface area contributed by atoms with Crippen molar-refractivity contribution in [1.29, 1.82) is 0 Å². The normalized spacial score (nSPS) is 12.1. The minimum atomic E-state index is 0.627. The van der Waals surface area contributed by atoms with Crippen molar-refractivity contribution >= 4 is 75.9 Å². The Morgan fingerprint density at radius 3 is 1.51 bits per heavy atom. The third-order valence-electron chi connectivity index (χ3n) is 14.3. The quantitative estimate of drug-likeness (QED) is 0.177. The highest BCUT2D eigenvalue weighted by Crippen LogP contribution is 2.52. The molecule has 11 aromatic carbocycles. The summed E-state index contributed by atoms with van der Waals surface area (Å²) in [4.78, 5) is 15.8. The van der Waals surface area contributed by atoms with Gasteiger partial charge in [-0.3, -0.25) is 0 Å². The van der Waals surface area contributed by atoms with Gasteiger partial charge in [-0.2, -0.15) is 0 Å². The standard InChI is InChI=1S/C63H37N5/c1-3-17-40-35-42(31-29-38(40)15-1)61-64-62(43-32-30-39-16-2-4-18-41(39)36-43)66-63(65-61)50-33-34-56(47-21-7-5-20-45(47)50)67-55-28-14-11-25-51(55)58-57(67)37-52-48-23-10-13-27-54(48)68-53-26-12-9-22-46(53)44-19-6-8-24-49(44)59(58)60(52)68/h1-37H. The molecule has 314 valence electrons. The van der Waals surface area contributed by atoms with Gasteiger partial charge in [0.05, 0.1) is 33.4 Å². The Labute approximate surface area is 390 Å². The molecule has 3 aromatic heterocycles. The lowest BCUT2D eigenvalue weighted by Gasteiger charge is -2.16. The first kappa shape index (κ1) is 37.1. The van der Waals surface area contributed by atoms with Crippen LogP contribution in [0.3, 0.4) is 0 Å². The van der Waals surface area contributed by atoms with Crippen LogP contribution in [0.1, 0.15) is 0 Å². The fourth-order valence-electron chi connectivity index (χ4n) is 11.3. The van der Waals surface area contributed by atoms with Crippen LogP contribution in [0.25, 0.3) is 144 Å². The molecule has 0 bridgehead atoms. The molecule has 0 fully saturated rings. The van der Waals surface area contributed by atoms with Gasteiger partial charge in [0, 0.05) is 54.7 Å². The Hall–Kier alpha value is -9.19. The van der Waals surface area contributed by atoms with Crippen molar-refractivity contribution in [2.75, 3.05) is 0 Å². The molecular formula is C63H37N5. The van der Waals surface area contributed by atoms with E-state index in [0.717, 1.165) is 55.0 Å². The summed E-state index contributed by atoms with van der Waals surface area (Å²) in [6.45, 7) is 0. The van der Waals surface area contributed by atoms with E-state index >= 15 is 0 Å². The fraction of sp³-hybridized carbons (Fsp3) is 0. The predicted molar refractivity (Wildman–Crippen MR) is 282 cm³/mol. The van der Waals surface area contributed by atoms with Crippen LogP contribution >= 0.6 is 0 Å². The van der Waals surface area contributed by atoms with E-state index in [1.54, 1.807) is 0 Å². The maximum absolute atomic E-state index is 5.32. The molecule has 0 unspecified atom stereocenters. The van der Waals surface area contributed by atoms with E-state index < -0.39 is 0 Å². The molecule has 5 heteroatoms. The second kappa shape index (κ2) is 14.2. The Kier molecular flexibility index (Phi) is 7.72. The largest absolute Gasteiger partial charge is 0.309 e.